The maximum absolute atomic E-state index is 14.0. The Morgan fingerprint density at radius 2 is 1.25 bits per heavy atom. The van der Waals surface area contributed by atoms with E-state index in [0.717, 1.165) is 30.7 Å². The summed E-state index contributed by atoms with van der Waals surface area (Å²) in [4.78, 5) is 27.9. The number of carboxylic acids is 1. The smallest absolute Gasteiger partial charge is 0.347 e. The van der Waals surface area contributed by atoms with Crippen LogP contribution in [0, 0.1) is 11.6 Å². The molecule has 1 amide bonds. The lowest BCUT2D eigenvalue weighted by Crippen LogP contribution is -2.47. The third-order valence-corrected chi connectivity index (χ3v) is 8.36. The normalized spacial score (nSPS) is 16.4. The molecule has 2 aliphatic heterocycles. The van der Waals surface area contributed by atoms with Gasteiger partial charge in [-0.05, 0) is 87.9 Å². The molecule has 0 saturated carbocycles. The van der Waals surface area contributed by atoms with Crippen molar-refractivity contribution in [1.82, 2.24) is 5.01 Å². The molecule has 0 aliphatic carbocycles. The van der Waals surface area contributed by atoms with Crippen molar-refractivity contribution < 1.29 is 33.0 Å². The molecule has 8 nitrogen and oxygen atoms in total. The van der Waals surface area contributed by atoms with Crippen LogP contribution in [0.2, 0.25) is 10.0 Å². The molecular formula is C39H39Cl2F2N3O5. The van der Waals surface area contributed by atoms with Crippen LogP contribution in [0.3, 0.4) is 0 Å². The van der Waals surface area contributed by atoms with E-state index in [2.05, 4.69) is 40.4 Å². The van der Waals surface area contributed by atoms with Gasteiger partial charge in [0, 0.05) is 35.1 Å². The summed E-state index contributed by atoms with van der Waals surface area (Å²) < 4.78 is 37.9. The average molecular weight is 739 g/mol. The summed E-state index contributed by atoms with van der Waals surface area (Å²) in [5, 5.41) is 14.9. The third kappa shape index (κ3) is 10.8. The highest BCUT2D eigenvalue weighted by Crippen LogP contribution is 2.33. The highest BCUT2D eigenvalue weighted by Gasteiger charge is 2.40. The van der Waals surface area contributed by atoms with Gasteiger partial charge in [-0.1, -0.05) is 83.9 Å². The molecule has 2 aliphatic rings. The molecule has 0 fully saturated rings. The molecular weight excluding hydrogens is 699 g/mol. The summed E-state index contributed by atoms with van der Waals surface area (Å²) in [5.41, 5.74) is -0.357. The van der Waals surface area contributed by atoms with Crippen molar-refractivity contribution in [2.24, 2.45) is 10.1 Å². The first kappa shape index (κ1) is 39.0. The molecule has 4 aromatic rings. The van der Waals surface area contributed by atoms with Gasteiger partial charge < -0.3 is 14.6 Å². The largest absolute Gasteiger partial charge is 0.478 e. The summed E-state index contributed by atoms with van der Waals surface area (Å²) in [6.07, 6.45) is 5.47. The number of hydrogen-bond acceptors (Lipinski definition) is 6. The first-order chi connectivity index (χ1) is 24.2. The Bertz CT molecular complexity index is 1850. The van der Waals surface area contributed by atoms with Gasteiger partial charge in [-0.2, -0.15) is 5.10 Å². The van der Waals surface area contributed by atoms with Gasteiger partial charge in [0.1, 0.15) is 0 Å². The van der Waals surface area contributed by atoms with E-state index in [1.165, 1.54) is 48.7 Å². The molecule has 2 unspecified atom stereocenters. The first-order valence-corrected chi connectivity index (χ1v) is 16.9. The SMILES string of the molecule is C1=NCC(c2ccccc2)C1.CC(C)(Oc1ccc(Cl)cc1F)C(=O)N1N=CCC1c1ccccc1.CC(C)(Oc1ccc(Cl)cc1F)C(=O)O. The number of amides is 1. The van der Waals surface area contributed by atoms with Crippen LogP contribution in [-0.4, -0.2) is 52.2 Å². The number of hydrazone groups is 1. The van der Waals surface area contributed by atoms with Gasteiger partial charge in [0.15, 0.2) is 34.3 Å². The van der Waals surface area contributed by atoms with Crippen molar-refractivity contribution in [1.29, 1.82) is 0 Å². The highest BCUT2D eigenvalue weighted by molar-refractivity contribution is 6.30. The van der Waals surface area contributed by atoms with E-state index in [1.54, 1.807) is 20.1 Å². The molecule has 0 bridgehead atoms. The molecule has 2 heterocycles. The minimum absolute atomic E-state index is 0.0258. The summed E-state index contributed by atoms with van der Waals surface area (Å²) in [5.74, 6) is -2.32. The third-order valence-electron chi connectivity index (χ3n) is 7.89. The van der Waals surface area contributed by atoms with Crippen LogP contribution in [0.5, 0.6) is 11.5 Å². The molecule has 268 valence electrons. The maximum Gasteiger partial charge on any atom is 0.347 e. The second-order valence-electron chi connectivity index (χ2n) is 12.7. The minimum Gasteiger partial charge on any atom is -0.478 e. The molecule has 0 aromatic heterocycles. The minimum atomic E-state index is -1.48. The molecule has 1 N–H and O–H groups in total. The van der Waals surface area contributed by atoms with Crippen molar-refractivity contribution in [3.63, 3.8) is 0 Å². The Morgan fingerprint density at radius 1 is 0.745 bits per heavy atom. The monoisotopic (exact) mass is 737 g/mol. The Kier molecular flexibility index (Phi) is 13.3. The molecule has 4 aromatic carbocycles. The molecule has 51 heavy (non-hydrogen) atoms. The molecule has 0 saturated heterocycles. The standard InChI is InChI=1S/C19H18ClFN2O2.C10H10ClFO3.C10H11N/c1-19(2,25-17-9-8-14(20)12-15(17)21)18(24)23-16(10-11-22-23)13-6-4-3-5-7-13;1-10(2,9(13)14)15-8-4-3-6(11)5-7(8)12;1-2-4-9(5-3-1)10-6-7-11-8-10/h3-9,11-12,16H,10H2,1-2H3;3-5H,1-2H3,(H,13,14);1-5,7,10H,6,8H2. The number of benzene rings is 4. The van der Waals surface area contributed by atoms with Crippen LogP contribution >= 0.6 is 23.2 Å². The number of ether oxygens (including phenoxy) is 2. The van der Waals surface area contributed by atoms with Gasteiger partial charge in [-0.3, -0.25) is 9.79 Å². The molecule has 12 heteroatoms. The second-order valence-corrected chi connectivity index (χ2v) is 13.6. The van der Waals surface area contributed by atoms with E-state index in [0.29, 0.717) is 12.3 Å². The zero-order valence-electron chi connectivity index (χ0n) is 28.6. The predicted molar refractivity (Wildman–Crippen MR) is 196 cm³/mol. The van der Waals surface area contributed by atoms with E-state index >= 15 is 0 Å². The zero-order chi connectivity index (χ0) is 37.2. The van der Waals surface area contributed by atoms with Gasteiger partial charge in [0.2, 0.25) is 0 Å². The van der Waals surface area contributed by atoms with Crippen LogP contribution in [0.25, 0.3) is 0 Å². The Morgan fingerprint density at radius 3 is 1.73 bits per heavy atom. The lowest BCUT2D eigenvalue weighted by molar-refractivity contribution is -0.152. The number of nitrogens with zero attached hydrogens (tertiary/aromatic N) is 3. The molecule has 6 rings (SSSR count). The Balaban J connectivity index is 0.000000190. The van der Waals surface area contributed by atoms with E-state index in [9.17, 15) is 18.4 Å². The topological polar surface area (TPSA) is 101 Å². The second kappa shape index (κ2) is 17.4. The Hall–Kier alpha value is -4.80. The first-order valence-electron chi connectivity index (χ1n) is 16.1. The number of carbonyl (C=O) groups excluding carboxylic acids is 1. The summed E-state index contributed by atoms with van der Waals surface area (Å²) in [6, 6.07) is 27.9. The van der Waals surface area contributed by atoms with Gasteiger partial charge in [0.25, 0.3) is 5.91 Å². The van der Waals surface area contributed by atoms with Crippen LogP contribution in [0.15, 0.2) is 107 Å². The number of aliphatic imine (C=N–C) groups is 1. The number of aliphatic carboxylic acids is 1. The van der Waals surface area contributed by atoms with Crippen molar-refractivity contribution in [3.05, 3.63) is 130 Å². The van der Waals surface area contributed by atoms with Crippen LogP contribution in [0.4, 0.5) is 8.78 Å². The van der Waals surface area contributed by atoms with Gasteiger partial charge in [0.05, 0.1) is 6.04 Å². The number of carboxylic acid groups (broad SMARTS) is 1. The molecule has 2 atom stereocenters. The predicted octanol–water partition coefficient (Wildman–Crippen LogP) is 9.56. The summed E-state index contributed by atoms with van der Waals surface area (Å²) in [7, 11) is 0. The lowest BCUT2D eigenvalue weighted by atomic mass is 9.98. The number of rotatable bonds is 8. The Labute approximate surface area is 306 Å². The summed E-state index contributed by atoms with van der Waals surface area (Å²) >= 11 is 11.3. The van der Waals surface area contributed by atoms with Crippen molar-refractivity contribution in [3.8, 4) is 11.5 Å². The van der Waals surface area contributed by atoms with Gasteiger partial charge in [-0.25, -0.2) is 18.6 Å². The molecule has 0 spiro atoms. The highest BCUT2D eigenvalue weighted by atomic mass is 35.5. The number of halogens is 4. The lowest BCUT2D eigenvalue weighted by Gasteiger charge is -2.31. The molecule has 0 radical (unpaired) electrons. The van der Waals surface area contributed by atoms with Crippen molar-refractivity contribution >= 4 is 47.5 Å². The van der Waals surface area contributed by atoms with Gasteiger partial charge >= 0.3 is 5.97 Å². The van der Waals surface area contributed by atoms with Crippen molar-refractivity contribution in [2.45, 2.75) is 63.7 Å². The van der Waals surface area contributed by atoms with E-state index in [4.69, 9.17) is 37.8 Å². The van der Waals surface area contributed by atoms with E-state index < -0.39 is 28.8 Å². The van der Waals surface area contributed by atoms with Gasteiger partial charge in [-0.15, -0.1) is 0 Å². The fourth-order valence-electron chi connectivity index (χ4n) is 5.04. The van der Waals surface area contributed by atoms with Crippen molar-refractivity contribution in [2.75, 3.05) is 6.54 Å². The zero-order valence-corrected chi connectivity index (χ0v) is 30.1. The number of carbonyl (C=O) groups is 2. The van der Waals surface area contributed by atoms with Crippen LogP contribution in [0.1, 0.15) is 63.6 Å². The fourth-order valence-corrected chi connectivity index (χ4v) is 5.35. The van der Waals surface area contributed by atoms with E-state index in [-0.39, 0.29) is 33.5 Å². The summed E-state index contributed by atoms with van der Waals surface area (Å²) in [6.45, 7) is 6.84. The van der Waals surface area contributed by atoms with Crippen LogP contribution in [-0.2, 0) is 9.59 Å². The average Bonchev–Trinajstić information content (AvgIpc) is 3.82. The number of hydrogen-bond donors (Lipinski definition) is 1. The van der Waals surface area contributed by atoms with E-state index in [1.807, 2.05) is 36.5 Å². The quantitative estimate of drug-likeness (QED) is 0.194. The maximum atomic E-state index is 14.0. The van der Waals surface area contributed by atoms with Crippen LogP contribution < -0.4 is 9.47 Å². The fraction of sp³-hybridized carbons (Fsp3) is 0.282.